The van der Waals surface area contributed by atoms with E-state index in [1.165, 1.54) is 92.6 Å². The van der Waals surface area contributed by atoms with Crippen LogP contribution in [0.2, 0.25) is 8.87 Å². The summed E-state index contributed by atoms with van der Waals surface area (Å²) in [6.45, 7) is 4.58. The molecule has 2 radical (unpaired) electrons. The fourth-order valence-corrected chi connectivity index (χ4v) is 7.30. The van der Waals surface area contributed by atoms with Crippen LogP contribution in [-0.2, 0) is 0 Å². The van der Waals surface area contributed by atoms with Crippen LogP contribution in [0.1, 0.15) is 60.2 Å². The van der Waals surface area contributed by atoms with Gasteiger partial charge >= 0.3 is 81.5 Å². The Bertz CT molecular complexity index is 880. The number of ether oxygens (including phenoxy) is 6. The smallest absolute Gasteiger partial charge is 0.335 e. The largest absolute Gasteiger partial charge is 0.493 e. The molecule has 11 heteroatoms. The molecular formula is C28H42O10Sn. The minimum atomic E-state index is -1.05. The molecular weight excluding hydrogens is 615 g/mol. The number of benzene rings is 2. The maximum absolute atomic E-state index is 10.8. The molecule has 39 heavy (non-hydrogen) atoms. The van der Waals surface area contributed by atoms with Gasteiger partial charge in [0.25, 0.3) is 0 Å². The molecule has 0 saturated carbocycles. The number of carboxylic acid groups (broad SMARTS) is 2. The van der Waals surface area contributed by atoms with E-state index in [1.54, 1.807) is 8.87 Å². The molecule has 0 heterocycles. The Labute approximate surface area is 241 Å². The van der Waals surface area contributed by atoms with E-state index in [2.05, 4.69) is 13.8 Å². The number of unbranched alkanes of at least 4 members (excludes halogenated alkanes) is 2. The van der Waals surface area contributed by atoms with Crippen molar-refractivity contribution < 1.29 is 48.2 Å². The third-order valence-electron chi connectivity index (χ3n) is 5.24. The van der Waals surface area contributed by atoms with Crippen LogP contribution in [0.3, 0.4) is 0 Å². The molecule has 0 aromatic heterocycles. The van der Waals surface area contributed by atoms with Crippen LogP contribution in [0.5, 0.6) is 34.5 Å². The van der Waals surface area contributed by atoms with Crippen LogP contribution in [0, 0.1) is 0 Å². The van der Waals surface area contributed by atoms with Crippen molar-refractivity contribution in [1.82, 2.24) is 0 Å². The van der Waals surface area contributed by atoms with Crippen LogP contribution in [-0.4, -0.2) is 86.0 Å². The summed E-state index contributed by atoms with van der Waals surface area (Å²) < 4.78 is 33.4. The third-order valence-corrected chi connectivity index (χ3v) is 9.27. The molecule has 0 aliphatic carbocycles. The zero-order valence-corrected chi connectivity index (χ0v) is 27.1. The van der Waals surface area contributed by atoms with E-state index < -0.39 is 11.9 Å². The monoisotopic (exact) mass is 658 g/mol. The fraction of sp³-hybridized carbons (Fsp3) is 0.500. The first-order chi connectivity index (χ1) is 18.7. The summed E-state index contributed by atoms with van der Waals surface area (Å²) in [6.07, 6.45) is 5.84. The van der Waals surface area contributed by atoms with Gasteiger partial charge in [-0.3, -0.25) is 0 Å². The molecule has 0 fully saturated rings. The van der Waals surface area contributed by atoms with E-state index in [0.29, 0.717) is 34.5 Å². The fourth-order valence-electron chi connectivity index (χ4n) is 3.14. The molecule has 0 aliphatic rings. The van der Waals surface area contributed by atoms with Gasteiger partial charge in [0.1, 0.15) is 0 Å². The molecule has 10 nitrogen and oxygen atoms in total. The molecule has 2 rings (SSSR count). The van der Waals surface area contributed by atoms with E-state index >= 15 is 0 Å². The molecule has 0 bridgehead atoms. The Kier molecular flexibility index (Phi) is 19.3. The Morgan fingerprint density at radius 1 is 0.590 bits per heavy atom. The molecule has 218 valence electrons. The van der Waals surface area contributed by atoms with E-state index in [0.717, 1.165) is 0 Å². The number of hydrogen-bond acceptors (Lipinski definition) is 8. The van der Waals surface area contributed by atoms with E-state index in [1.807, 2.05) is 0 Å². The van der Waals surface area contributed by atoms with Gasteiger partial charge in [0.15, 0.2) is 23.0 Å². The van der Waals surface area contributed by atoms with Crippen molar-refractivity contribution in [2.24, 2.45) is 0 Å². The quantitative estimate of drug-likeness (QED) is 0.186. The van der Waals surface area contributed by atoms with E-state index in [9.17, 15) is 9.59 Å². The summed E-state index contributed by atoms with van der Waals surface area (Å²) in [5.74, 6) is -0.0227. The minimum absolute atomic E-state index is 0.0875. The first-order valence-electron chi connectivity index (χ1n) is 12.5. The molecule has 0 saturated heterocycles. The van der Waals surface area contributed by atoms with Crippen molar-refractivity contribution >= 4 is 33.1 Å². The molecule has 0 spiro atoms. The van der Waals surface area contributed by atoms with Crippen molar-refractivity contribution in [2.45, 2.75) is 48.4 Å². The standard InChI is InChI=1S/2C10H12O5.2C4H9.Sn/c2*1-13-7-4-6(10(11)12)5-8(14-2)9(7)15-3;2*1-3-4-2;/h2*4-5H,1-3H3,(H,11,12);2*1,3-4H2,2H3;. The van der Waals surface area contributed by atoms with Crippen molar-refractivity contribution in [2.75, 3.05) is 42.7 Å². The first kappa shape index (κ1) is 36.0. The number of rotatable bonds is 14. The zero-order chi connectivity index (χ0) is 29.8. The van der Waals surface area contributed by atoms with E-state index in [-0.39, 0.29) is 32.3 Å². The maximum Gasteiger partial charge on any atom is 0.335 e. The maximum atomic E-state index is 10.8. The van der Waals surface area contributed by atoms with Gasteiger partial charge in [0.2, 0.25) is 11.5 Å². The van der Waals surface area contributed by atoms with Gasteiger partial charge in [-0.25, -0.2) is 9.59 Å². The van der Waals surface area contributed by atoms with Gasteiger partial charge in [0, 0.05) is 0 Å². The topological polar surface area (TPSA) is 130 Å². The molecule has 0 amide bonds. The summed E-state index contributed by atoms with van der Waals surface area (Å²) in [5, 5.41) is 17.7. The van der Waals surface area contributed by atoms with Crippen LogP contribution in [0.15, 0.2) is 24.3 Å². The number of hydrogen-bond donors (Lipinski definition) is 2. The van der Waals surface area contributed by atoms with Gasteiger partial charge < -0.3 is 38.6 Å². The van der Waals surface area contributed by atoms with Crippen molar-refractivity contribution in [3.8, 4) is 34.5 Å². The van der Waals surface area contributed by atoms with Crippen molar-refractivity contribution in [3.05, 3.63) is 35.4 Å². The summed E-state index contributed by atoms with van der Waals surface area (Å²) in [7, 11) is 8.65. The molecule has 2 aromatic rings. The number of aromatic carboxylic acids is 2. The Hall–Kier alpha value is -3.02. The van der Waals surface area contributed by atoms with E-state index in [4.69, 9.17) is 38.6 Å². The van der Waals surface area contributed by atoms with Gasteiger partial charge in [-0.2, -0.15) is 0 Å². The Morgan fingerprint density at radius 2 is 0.872 bits per heavy atom. The second kappa shape index (κ2) is 20.9. The van der Waals surface area contributed by atoms with Gasteiger partial charge in [0.05, 0.1) is 53.8 Å². The second-order valence-electron chi connectivity index (χ2n) is 7.90. The summed E-state index contributed by atoms with van der Waals surface area (Å²) in [6, 6.07) is 5.51. The zero-order valence-electron chi connectivity index (χ0n) is 24.2. The average molecular weight is 657 g/mol. The first-order valence-corrected chi connectivity index (χ1v) is 16.5. The summed E-state index contributed by atoms with van der Waals surface area (Å²) in [4.78, 5) is 21.6. The van der Waals surface area contributed by atoms with Crippen LogP contribution in [0.4, 0.5) is 0 Å². The second-order valence-corrected chi connectivity index (χ2v) is 12.2. The minimum Gasteiger partial charge on any atom is -0.493 e. The molecule has 2 N–H and O–H groups in total. The molecule has 0 aliphatic heterocycles. The van der Waals surface area contributed by atoms with Gasteiger partial charge in [-0.15, -0.1) is 0 Å². The normalized spacial score (nSPS) is 9.64. The predicted octanol–water partition coefficient (Wildman–Crippen LogP) is 5.95. The average Bonchev–Trinajstić information content (AvgIpc) is 2.95. The Balaban J connectivity index is 0.000000576. The SMILES string of the molecule is CCC[CH2][Sn][CH2]CCC.COc1cc(C(=O)O)cc(OC)c1OC.COc1cc(C(=O)O)cc(OC)c1OC. The number of methoxy groups -OCH3 is 6. The molecule has 2 aromatic carbocycles. The van der Waals surface area contributed by atoms with Crippen LogP contribution < -0.4 is 28.4 Å². The molecule has 0 unspecified atom stereocenters. The van der Waals surface area contributed by atoms with Gasteiger partial charge in [-0.05, 0) is 24.3 Å². The third kappa shape index (κ3) is 12.6. The summed E-state index contributed by atoms with van der Waals surface area (Å²) >= 11 is 0.149. The number of carboxylic acids is 2. The summed E-state index contributed by atoms with van der Waals surface area (Å²) in [5.41, 5.74) is 0.175. The van der Waals surface area contributed by atoms with Crippen LogP contribution >= 0.6 is 0 Å². The van der Waals surface area contributed by atoms with Crippen LogP contribution in [0.25, 0.3) is 0 Å². The van der Waals surface area contributed by atoms with Crippen molar-refractivity contribution in [3.63, 3.8) is 0 Å². The number of carbonyl (C=O) groups is 2. The Morgan fingerprint density at radius 3 is 1.05 bits per heavy atom. The molecule has 0 atom stereocenters. The van der Waals surface area contributed by atoms with Gasteiger partial charge in [-0.1, -0.05) is 0 Å². The van der Waals surface area contributed by atoms with Crippen molar-refractivity contribution in [1.29, 1.82) is 0 Å². The predicted molar refractivity (Wildman–Crippen MR) is 151 cm³/mol.